The fraction of sp³-hybridized carbons (Fsp3) is 0.222. The van der Waals surface area contributed by atoms with Crippen molar-refractivity contribution in [1.82, 2.24) is 5.32 Å². The number of nitrogens with one attached hydrogen (secondary N) is 1. The van der Waals surface area contributed by atoms with Gasteiger partial charge in [-0.15, -0.1) is 0 Å². The van der Waals surface area contributed by atoms with Gasteiger partial charge in [0.1, 0.15) is 5.75 Å². The summed E-state index contributed by atoms with van der Waals surface area (Å²) in [6, 6.07) is 12.5. The molecule has 0 saturated heterocycles. The Morgan fingerprint density at radius 2 is 1.78 bits per heavy atom. The normalized spacial score (nSPS) is 12.7. The molecule has 5 heteroatoms. The van der Waals surface area contributed by atoms with Crippen LogP contribution in [0.4, 0.5) is 5.69 Å². The van der Waals surface area contributed by atoms with Crippen molar-refractivity contribution in [3.8, 4) is 5.75 Å². The van der Waals surface area contributed by atoms with Crippen molar-refractivity contribution < 1.29 is 14.3 Å². The second-order valence-corrected chi connectivity index (χ2v) is 5.36. The van der Waals surface area contributed by atoms with E-state index >= 15 is 0 Å². The predicted molar refractivity (Wildman–Crippen MR) is 88.2 cm³/mol. The third-order valence-corrected chi connectivity index (χ3v) is 4.05. The highest BCUT2D eigenvalue weighted by Gasteiger charge is 2.26. The Morgan fingerprint density at radius 1 is 1.09 bits per heavy atom. The first-order valence-electron chi connectivity index (χ1n) is 7.45. The first kappa shape index (κ1) is 15.1. The molecular weight excluding hydrogens is 292 g/mol. The van der Waals surface area contributed by atoms with Gasteiger partial charge in [0, 0.05) is 30.4 Å². The molecule has 1 aliphatic rings. The maximum atomic E-state index is 12.7. The highest BCUT2D eigenvalue weighted by Crippen LogP contribution is 2.30. The molecule has 0 radical (unpaired) electrons. The van der Waals surface area contributed by atoms with Crippen molar-refractivity contribution in [1.29, 1.82) is 0 Å². The molecule has 0 spiro atoms. The van der Waals surface area contributed by atoms with Crippen LogP contribution in [0.3, 0.4) is 0 Å². The Labute approximate surface area is 134 Å². The molecule has 2 aromatic rings. The Morgan fingerprint density at radius 3 is 2.43 bits per heavy atom. The SMILES string of the molecule is CNC(=O)c1ccc2c(c1)N(C(=O)c1ccc(OC)cc1)CC2. The highest BCUT2D eigenvalue weighted by atomic mass is 16.5. The number of benzene rings is 2. The van der Waals surface area contributed by atoms with Gasteiger partial charge >= 0.3 is 0 Å². The molecule has 1 heterocycles. The summed E-state index contributed by atoms with van der Waals surface area (Å²) in [5, 5.41) is 2.60. The van der Waals surface area contributed by atoms with E-state index in [9.17, 15) is 9.59 Å². The van der Waals surface area contributed by atoms with Crippen LogP contribution >= 0.6 is 0 Å². The number of hydrogen-bond acceptors (Lipinski definition) is 3. The van der Waals surface area contributed by atoms with E-state index < -0.39 is 0 Å². The fourth-order valence-electron chi connectivity index (χ4n) is 2.77. The molecule has 3 rings (SSSR count). The van der Waals surface area contributed by atoms with Crippen molar-refractivity contribution in [2.75, 3.05) is 25.6 Å². The second-order valence-electron chi connectivity index (χ2n) is 5.36. The molecule has 0 aromatic heterocycles. The third kappa shape index (κ3) is 2.77. The zero-order valence-electron chi connectivity index (χ0n) is 13.1. The summed E-state index contributed by atoms with van der Waals surface area (Å²) >= 11 is 0. The smallest absolute Gasteiger partial charge is 0.258 e. The highest BCUT2D eigenvalue weighted by molar-refractivity contribution is 6.08. The van der Waals surface area contributed by atoms with Crippen molar-refractivity contribution in [2.45, 2.75) is 6.42 Å². The monoisotopic (exact) mass is 310 g/mol. The minimum absolute atomic E-state index is 0.0690. The quantitative estimate of drug-likeness (QED) is 0.946. The zero-order chi connectivity index (χ0) is 16.4. The number of fused-ring (bicyclic) bond motifs is 1. The van der Waals surface area contributed by atoms with Crippen molar-refractivity contribution in [3.05, 3.63) is 59.2 Å². The van der Waals surface area contributed by atoms with E-state index in [1.54, 1.807) is 55.5 Å². The van der Waals surface area contributed by atoms with E-state index in [1.807, 2.05) is 6.07 Å². The van der Waals surface area contributed by atoms with Gasteiger partial charge in [0.25, 0.3) is 11.8 Å². The maximum absolute atomic E-state index is 12.7. The zero-order valence-corrected chi connectivity index (χ0v) is 13.1. The summed E-state index contributed by atoms with van der Waals surface area (Å²) < 4.78 is 5.12. The molecule has 0 bridgehead atoms. The summed E-state index contributed by atoms with van der Waals surface area (Å²) in [6.07, 6.45) is 0.797. The van der Waals surface area contributed by atoms with E-state index in [4.69, 9.17) is 4.74 Å². The van der Waals surface area contributed by atoms with Gasteiger partial charge in [-0.3, -0.25) is 9.59 Å². The van der Waals surface area contributed by atoms with Crippen LogP contribution in [-0.2, 0) is 6.42 Å². The average Bonchev–Trinajstić information content (AvgIpc) is 3.03. The minimum Gasteiger partial charge on any atom is -0.497 e. The maximum Gasteiger partial charge on any atom is 0.258 e. The fourth-order valence-corrected chi connectivity index (χ4v) is 2.77. The summed E-state index contributed by atoms with van der Waals surface area (Å²) in [5.74, 6) is 0.488. The average molecular weight is 310 g/mol. The summed E-state index contributed by atoms with van der Waals surface area (Å²) in [4.78, 5) is 26.3. The number of carbonyl (C=O) groups excluding carboxylic acids is 2. The summed E-state index contributed by atoms with van der Waals surface area (Å²) in [7, 11) is 3.18. The molecule has 0 fully saturated rings. The predicted octanol–water partition coefficient (Wildman–Crippen LogP) is 2.26. The molecule has 2 aromatic carbocycles. The number of methoxy groups -OCH3 is 1. The van der Waals surface area contributed by atoms with E-state index in [2.05, 4.69) is 5.32 Å². The topological polar surface area (TPSA) is 58.6 Å². The molecule has 118 valence electrons. The van der Waals surface area contributed by atoms with Crippen LogP contribution in [0, 0.1) is 0 Å². The van der Waals surface area contributed by atoms with Crippen molar-refractivity contribution >= 4 is 17.5 Å². The van der Waals surface area contributed by atoms with Crippen LogP contribution in [0.25, 0.3) is 0 Å². The van der Waals surface area contributed by atoms with Gasteiger partial charge in [0.15, 0.2) is 0 Å². The minimum atomic E-state index is -0.156. The lowest BCUT2D eigenvalue weighted by molar-refractivity contribution is 0.0959. The van der Waals surface area contributed by atoms with Crippen LogP contribution in [0.1, 0.15) is 26.3 Å². The van der Waals surface area contributed by atoms with Gasteiger partial charge in [-0.25, -0.2) is 0 Å². The van der Waals surface area contributed by atoms with Gasteiger partial charge in [0.05, 0.1) is 7.11 Å². The Kier molecular flexibility index (Phi) is 4.02. The van der Waals surface area contributed by atoms with Crippen molar-refractivity contribution in [2.24, 2.45) is 0 Å². The Hall–Kier alpha value is -2.82. The van der Waals surface area contributed by atoms with E-state index in [-0.39, 0.29) is 11.8 Å². The third-order valence-electron chi connectivity index (χ3n) is 4.05. The summed E-state index contributed by atoms with van der Waals surface area (Å²) in [5.41, 5.74) is 3.05. The number of nitrogens with zero attached hydrogens (tertiary/aromatic N) is 1. The molecule has 0 saturated carbocycles. The van der Waals surface area contributed by atoms with E-state index in [0.717, 1.165) is 17.7 Å². The Balaban J connectivity index is 1.91. The Bertz CT molecular complexity index is 753. The van der Waals surface area contributed by atoms with Crippen LogP contribution in [0.2, 0.25) is 0 Å². The lowest BCUT2D eigenvalue weighted by Gasteiger charge is -2.18. The van der Waals surface area contributed by atoms with Gasteiger partial charge in [-0.2, -0.15) is 0 Å². The number of amides is 2. The van der Waals surface area contributed by atoms with Gasteiger partial charge in [0.2, 0.25) is 0 Å². The van der Waals surface area contributed by atoms with Gasteiger partial charge in [-0.05, 0) is 48.4 Å². The number of ether oxygens (including phenoxy) is 1. The number of carbonyl (C=O) groups is 2. The van der Waals surface area contributed by atoms with Gasteiger partial charge in [-0.1, -0.05) is 6.07 Å². The largest absolute Gasteiger partial charge is 0.497 e. The number of rotatable bonds is 3. The standard InChI is InChI=1S/C18H18N2O3/c1-19-17(21)14-4-3-12-9-10-20(16(12)11-14)18(22)13-5-7-15(23-2)8-6-13/h3-8,11H,9-10H2,1-2H3,(H,19,21). The van der Waals surface area contributed by atoms with E-state index in [0.29, 0.717) is 23.4 Å². The molecule has 5 nitrogen and oxygen atoms in total. The second kappa shape index (κ2) is 6.12. The van der Waals surface area contributed by atoms with E-state index in [1.165, 1.54) is 0 Å². The number of hydrogen-bond donors (Lipinski definition) is 1. The van der Waals surface area contributed by atoms with Crippen LogP contribution < -0.4 is 15.0 Å². The summed E-state index contributed by atoms with van der Waals surface area (Å²) in [6.45, 7) is 0.622. The van der Waals surface area contributed by atoms with Crippen LogP contribution in [0.5, 0.6) is 5.75 Å². The molecule has 0 atom stereocenters. The molecule has 0 unspecified atom stereocenters. The molecule has 1 aliphatic heterocycles. The van der Waals surface area contributed by atoms with Gasteiger partial charge < -0.3 is 15.0 Å². The molecule has 1 N–H and O–H groups in total. The lowest BCUT2D eigenvalue weighted by atomic mass is 10.1. The first-order valence-corrected chi connectivity index (χ1v) is 7.45. The molecule has 0 aliphatic carbocycles. The van der Waals surface area contributed by atoms with Crippen LogP contribution in [0.15, 0.2) is 42.5 Å². The molecule has 23 heavy (non-hydrogen) atoms. The molecule has 2 amide bonds. The first-order chi connectivity index (χ1) is 11.1. The molecular formula is C18H18N2O3. The van der Waals surface area contributed by atoms with Crippen molar-refractivity contribution in [3.63, 3.8) is 0 Å². The van der Waals surface area contributed by atoms with Crippen LogP contribution in [-0.4, -0.2) is 32.5 Å². The lowest BCUT2D eigenvalue weighted by Crippen LogP contribution is -2.29. The number of anilines is 1.